The second-order valence-electron chi connectivity index (χ2n) is 6.58. The van der Waals surface area contributed by atoms with Gasteiger partial charge in [-0.15, -0.1) is 11.3 Å². The van der Waals surface area contributed by atoms with E-state index >= 15 is 0 Å². The van der Waals surface area contributed by atoms with Gasteiger partial charge in [-0.3, -0.25) is 0 Å². The first kappa shape index (κ1) is 20.7. The van der Waals surface area contributed by atoms with E-state index in [4.69, 9.17) is 16.3 Å². The fraction of sp³-hybridized carbons (Fsp3) is 0.444. The Morgan fingerprint density at radius 3 is 2.48 bits per heavy atom. The molecule has 2 heterocycles. The minimum Gasteiger partial charge on any atom is -0.394 e. The molecule has 1 aromatic heterocycles. The minimum atomic E-state index is -2.37. The van der Waals surface area contributed by atoms with Gasteiger partial charge in [0.05, 0.1) is 10.9 Å². The molecule has 1 aliphatic rings. The van der Waals surface area contributed by atoms with E-state index in [2.05, 4.69) is 0 Å². The summed E-state index contributed by atoms with van der Waals surface area (Å²) in [6, 6.07) is 7.91. The van der Waals surface area contributed by atoms with Crippen molar-refractivity contribution in [1.82, 2.24) is 0 Å². The maximum absolute atomic E-state index is 10.9. The first-order valence-corrected chi connectivity index (χ1v) is 9.48. The number of ether oxygens (including phenoxy) is 1. The van der Waals surface area contributed by atoms with Crippen molar-refractivity contribution >= 4 is 22.9 Å². The first-order chi connectivity index (χ1) is 12.7. The third kappa shape index (κ3) is 3.65. The number of benzene rings is 1. The lowest BCUT2D eigenvalue weighted by atomic mass is 9.86. The lowest BCUT2D eigenvalue weighted by molar-refractivity contribution is -0.357. The quantitative estimate of drug-likeness (QED) is 0.425. The van der Waals surface area contributed by atoms with E-state index in [1.54, 1.807) is 25.1 Å². The van der Waals surface area contributed by atoms with Gasteiger partial charge in [-0.1, -0.05) is 23.7 Å². The van der Waals surface area contributed by atoms with Crippen LogP contribution in [0.4, 0.5) is 0 Å². The van der Waals surface area contributed by atoms with Gasteiger partial charge in [0, 0.05) is 10.4 Å². The van der Waals surface area contributed by atoms with Crippen LogP contribution in [-0.2, 0) is 10.5 Å². The molecule has 2 aromatic rings. The third-order valence-corrected chi connectivity index (χ3v) is 6.10. The molecule has 0 radical (unpaired) electrons. The average Bonchev–Trinajstić information content (AvgIpc) is 3.09. The van der Waals surface area contributed by atoms with Crippen molar-refractivity contribution in [3.63, 3.8) is 0 Å². The average molecular weight is 417 g/mol. The zero-order valence-corrected chi connectivity index (χ0v) is 15.9. The van der Waals surface area contributed by atoms with E-state index in [1.165, 1.54) is 23.5 Å². The van der Waals surface area contributed by atoms with Crippen LogP contribution in [0.5, 0.6) is 0 Å². The SMILES string of the molecule is Cc1ccc(C2(O)OC(CO)[C@@H](O)C(O)[C@H]2O)cc1C(O)c1ccc(Cl)s1. The predicted octanol–water partition coefficient (Wildman–Crippen LogP) is 0.411. The first-order valence-electron chi connectivity index (χ1n) is 8.28. The van der Waals surface area contributed by atoms with Crippen molar-refractivity contribution in [1.29, 1.82) is 0 Å². The molecule has 148 valence electrons. The number of hydrogen-bond donors (Lipinski definition) is 6. The molecule has 1 fully saturated rings. The summed E-state index contributed by atoms with van der Waals surface area (Å²) in [7, 11) is 0. The number of aliphatic hydroxyl groups excluding tert-OH is 5. The van der Waals surface area contributed by atoms with Crippen LogP contribution in [0.25, 0.3) is 0 Å². The number of aryl methyl sites for hydroxylation is 1. The molecule has 0 aliphatic carbocycles. The number of thiophene rings is 1. The molecule has 3 rings (SSSR count). The summed E-state index contributed by atoms with van der Waals surface area (Å²) in [6.45, 7) is 1.11. The zero-order valence-electron chi connectivity index (χ0n) is 14.4. The van der Waals surface area contributed by atoms with Crippen LogP contribution in [0, 0.1) is 6.92 Å². The molecule has 1 saturated heterocycles. The van der Waals surface area contributed by atoms with Crippen molar-refractivity contribution in [3.8, 4) is 0 Å². The van der Waals surface area contributed by atoms with Gasteiger partial charge in [0.1, 0.15) is 30.5 Å². The third-order valence-electron chi connectivity index (χ3n) is 4.82. The molecule has 4 unspecified atom stereocenters. The van der Waals surface area contributed by atoms with Gasteiger partial charge in [-0.2, -0.15) is 0 Å². The van der Waals surface area contributed by atoms with E-state index in [-0.39, 0.29) is 5.56 Å². The highest BCUT2D eigenvalue weighted by molar-refractivity contribution is 7.16. The standard InChI is InChI=1S/C18H21ClO7S/c1-8-2-3-9(6-10(8)14(21)12-4-5-13(19)27-12)18(25)17(24)16(23)15(22)11(7-20)26-18/h2-6,11,14-17,20-25H,7H2,1H3/t11?,14?,15-,16?,17-,18?/m1/s1. The van der Waals surface area contributed by atoms with Crippen LogP contribution in [0.15, 0.2) is 30.3 Å². The minimum absolute atomic E-state index is 0.0710. The molecular weight excluding hydrogens is 396 g/mol. The summed E-state index contributed by atoms with van der Waals surface area (Å²) in [5, 5.41) is 61.2. The lowest BCUT2D eigenvalue weighted by Crippen LogP contribution is -2.63. The number of rotatable bonds is 4. The zero-order chi connectivity index (χ0) is 19.9. The van der Waals surface area contributed by atoms with E-state index in [0.717, 1.165) is 5.56 Å². The van der Waals surface area contributed by atoms with Gasteiger partial charge in [0.25, 0.3) is 0 Å². The Morgan fingerprint density at radius 1 is 1.19 bits per heavy atom. The van der Waals surface area contributed by atoms with E-state index in [9.17, 15) is 30.6 Å². The smallest absolute Gasteiger partial charge is 0.222 e. The number of hydrogen-bond acceptors (Lipinski definition) is 8. The van der Waals surface area contributed by atoms with Crippen LogP contribution >= 0.6 is 22.9 Å². The van der Waals surface area contributed by atoms with Crippen LogP contribution in [0.1, 0.15) is 27.7 Å². The Hall–Kier alpha value is -1.07. The molecule has 0 bridgehead atoms. The maximum Gasteiger partial charge on any atom is 0.222 e. The van der Waals surface area contributed by atoms with Crippen LogP contribution in [0.3, 0.4) is 0 Å². The highest BCUT2D eigenvalue weighted by Crippen LogP contribution is 2.39. The predicted molar refractivity (Wildman–Crippen MR) is 98.4 cm³/mol. The Labute approximate surface area is 164 Å². The molecule has 0 amide bonds. The second-order valence-corrected chi connectivity index (χ2v) is 8.32. The molecule has 1 aliphatic heterocycles. The monoisotopic (exact) mass is 416 g/mol. The van der Waals surface area contributed by atoms with Crippen molar-refractivity contribution in [2.75, 3.05) is 6.61 Å². The summed E-state index contributed by atoms with van der Waals surface area (Å²) in [5.41, 5.74) is 1.25. The molecule has 6 N–H and O–H groups in total. The van der Waals surface area contributed by atoms with Gasteiger partial charge in [-0.25, -0.2) is 0 Å². The highest BCUT2D eigenvalue weighted by atomic mass is 35.5. The maximum atomic E-state index is 10.9. The van der Waals surface area contributed by atoms with Crippen LogP contribution in [0.2, 0.25) is 4.34 Å². The van der Waals surface area contributed by atoms with Crippen molar-refractivity contribution in [2.24, 2.45) is 0 Å². The number of aliphatic hydroxyl groups is 6. The Morgan fingerprint density at radius 2 is 1.89 bits per heavy atom. The molecule has 1 aromatic carbocycles. The van der Waals surface area contributed by atoms with Crippen LogP contribution < -0.4 is 0 Å². The van der Waals surface area contributed by atoms with Gasteiger partial charge in [0.15, 0.2) is 0 Å². The Kier molecular flexibility index (Phi) is 5.93. The molecule has 0 spiro atoms. The fourth-order valence-corrected chi connectivity index (χ4v) is 4.24. The van der Waals surface area contributed by atoms with E-state index in [1.807, 2.05) is 0 Å². The molecule has 27 heavy (non-hydrogen) atoms. The number of halogens is 1. The van der Waals surface area contributed by atoms with E-state index < -0.39 is 42.9 Å². The van der Waals surface area contributed by atoms with Crippen LogP contribution in [-0.4, -0.2) is 61.7 Å². The molecular formula is C18H21ClO7S. The van der Waals surface area contributed by atoms with Crippen molar-refractivity contribution in [2.45, 2.75) is 43.2 Å². The molecule has 7 nitrogen and oxygen atoms in total. The Bertz CT molecular complexity index is 811. The highest BCUT2D eigenvalue weighted by Gasteiger charge is 2.53. The Balaban J connectivity index is 2.01. The fourth-order valence-electron chi connectivity index (χ4n) is 3.18. The summed E-state index contributed by atoms with van der Waals surface area (Å²) < 4.78 is 5.85. The van der Waals surface area contributed by atoms with Gasteiger partial charge >= 0.3 is 0 Å². The second kappa shape index (κ2) is 7.75. The van der Waals surface area contributed by atoms with E-state index in [0.29, 0.717) is 14.8 Å². The summed E-state index contributed by atoms with van der Waals surface area (Å²) >= 11 is 7.14. The summed E-state index contributed by atoms with van der Waals surface area (Å²) in [6.07, 6.45) is -7.46. The van der Waals surface area contributed by atoms with Gasteiger partial charge in [0.2, 0.25) is 5.79 Å². The normalized spacial score (nSPS) is 32.4. The van der Waals surface area contributed by atoms with Crippen molar-refractivity contribution in [3.05, 3.63) is 56.2 Å². The largest absolute Gasteiger partial charge is 0.394 e. The lowest BCUT2D eigenvalue weighted by Gasteiger charge is -2.45. The molecule has 9 heteroatoms. The topological polar surface area (TPSA) is 131 Å². The summed E-state index contributed by atoms with van der Waals surface area (Å²) in [5.74, 6) is -2.37. The van der Waals surface area contributed by atoms with Crippen molar-refractivity contribution < 1.29 is 35.4 Å². The van der Waals surface area contributed by atoms with Gasteiger partial charge in [-0.05, 0) is 36.2 Å². The molecule has 6 atom stereocenters. The van der Waals surface area contributed by atoms with Gasteiger partial charge < -0.3 is 35.4 Å². The summed E-state index contributed by atoms with van der Waals surface area (Å²) in [4.78, 5) is 0.598. The molecule has 0 saturated carbocycles.